The zero-order valence-electron chi connectivity index (χ0n) is 9.83. The summed E-state index contributed by atoms with van der Waals surface area (Å²) in [6.07, 6.45) is 0. The number of halogens is 1. The maximum absolute atomic E-state index is 12.2. The van der Waals surface area contributed by atoms with Gasteiger partial charge in [0, 0.05) is 11.1 Å². The number of ketones is 1. The molecule has 0 radical (unpaired) electrons. The van der Waals surface area contributed by atoms with E-state index in [1.807, 2.05) is 38.1 Å². The molecule has 0 N–H and O–H groups in total. The van der Waals surface area contributed by atoms with E-state index in [1.54, 1.807) is 18.2 Å². The van der Waals surface area contributed by atoms with E-state index in [-0.39, 0.29) is 5.78 Å². The summed E-state index contributed by atoms with van der Waals surface area (Å²) in [7, 11) is 0. The Hall–Kier alpha value is -1.60. The van der Waals surface area contributed by atoms with Crippen LogP contribution in [0.1, 0.15) is 27.0 Å². The van der Waals surface area contributed by atoms with Crippen LogP contribution in [0.15, 0.2) is 42.5 Å². The Bertz CT molecular complexity index is 559. The molecule has 0 unspecified atom stereocenters. The molecule has 17 heavy (non-hydrogen) atoms. The Kier molecular flexibility index (Phi) is 3.30. The van der Waals surface area contributed by atoms with Crippen molar-refractivity contribution in [1.82, 2.24) is 0 Å². The number of hydrogen-bond donors (Lipinski definition) is 0. The minimum atomic E-state index is -0.0290. The van der Waals surface area contributed by atoms with E-state index in [0.717, 1.165) is 11.1 Å². The van der Waals surface area contributed by atoms with Crippen LogP contribution >= 0.6 is 11.6 Å². The molecule has 2 heteroatoms. The van der Waals surface area contributed by atoms with E-state index < -0.39 is 0 Å². The highest BCUT2D eigenvalue weighted by Gasteiger charge is 2.14. The summed E-state index contributed by atoms with van der Waals surface area (Å²) in [5.74, 6) is -0.0290. The van der Waals surface area contributed by atoms with E-state index in [9.17, 15) is 4.79 Å². The maximum Gasteiger partial charge on any atom is 0.194 e. The largest absolute Gasteiger partial charge is 0.289 e. The third-order valence-corrected chi connectivity index (χ3v) is 3.42. The summed E-state index contributed by atoms with van der Waals surface area (Å²) in [6, 6.07) is 12.9. The van der Waals surface area contributed by atoms with Crippen LogP contribution in [0, 0.1) is 13.8 Å². The van der Waals surface area contributed by atoms with Gasteiger partial charge in [-0.2, -0.15) is 0 Å². The molecule has 0 amide bonds. The van der Waals surface area contributed by atoms with Gasteiger partial charge >= 0.3 is 0 Å². The van der Waals surface area contributed by atoms with Crippen molar-refractivity contribution in [2.75, 3.05) is 0 Å². The Morgan fingerprint density at radius 2 is 1.65 bits per heavy atom. The molecule has 1 nitrogen and oxygen atoms in total. The molecule has 2 aromatic rings. The summed E-state index contributed by atoms with van der Waals surface area (Å²) in [5.41, 5.74) is 3.30. The van der Waals surface area contributed by atoms with Gasteiger partial charge in [-0.3, -0.25) is 4.79 Å². The fourth-order valence-corrected chi connectivity index (χ4v) is 2.00. The van der Waals surface area contributed by atoms with Crippen molar-refractivity contribution >= 4 is 17.4 Å². The van der Waals surface area contributed by atoms with Crippen molar-refractivity contribution in [2.24, 2.45) is 0 Å². The van der Waals surface area contributed by atoms with E-state index in [2.05, 4.69) is 0 Å². The Morgan fingerprint density at radius 1 is 1.00 bits per heavy atom. The molecular formula is C15H13ClO. The molecule has 86 valence electrons. The van der Waals surface area contributed by atoms with Crippen molar-refractivity contribution in [3.8, 4) is 0 Å². The fraction of sp³-hybridized carbons (Fsp3) is 0.133. The van der Waals surface area contributed by atoms with Gasteiger partial charge in [0.1, 0.15) is 0 Å². The lowest BCUT2D eigenvalue weighted by Gasteiger charge is -2.08. The van der Waals surface area contributed by atoms with Gasteiger partial charge in [-0.1, -0.05) is 48.0 Å². The van der Waals surface area contributed by atoms with Crippen molar-refractivity contribution in [3.63, 3.8) is 0 Å². The molecule has 0 heterocycles. The molecule has 0 fully saturated rings. The van der Waals surface area contributed by atoms with E-state index in [4.69, 9.17) is 11.6 Å². The number of hydrogen-bond acceptors (Lipinski definition) is 1. The molecule has 0 spiro atoms. The monoisotopic (exact) mass is 244 g/mol. The molecule has 0 saturated carbocycles. The third kappa shape index (κ3) is 2.25. The molecular weight excluding hydrogens is 232 g/mol. The number of aryl methyl sites for hydroxylation is 1. The van der Waals surface area contributed by atoms with Crippen LogP contribution in [0.2, 0.25) is 5.02 Å². The summed E-state index contributed by atoms with van der Waals surface area (Å²) < 4.78 is 0. The normalized spacial score (nSPS) is 10.3. The first-order valence-corrected chi connectivity index (χ1v) is 5.84. The molecule has 0 aliphatic carbocycles. The van der Waals surface area contributed by atoms with Crippen LogP contribution in [0.25, 0.3) is 0 Å². The van der Waals surface area contributed by atoms with Crippen molar-refractivity contribution < 1.29 is 4.79 Å². The Balaban J connectivity index is 2.49. The number of rotatable bonds is 2. The van der Waals surface area contributed by atoms with Crippen molar-refractivity contribution in [2.45, 2.75) is 13.8 Å². The zero-order chi connectivity index (χ0) is 12.4. The number of carbonyl (C=O) groups excluding carboxylic acids is 1. The average Bonchev–Trinajstić information content (AvgIpc) is 2.36. The molecule has 0 aliphatic heterocycles. The highest BCUT2D eigenvalue weighted by atomic mass is 35.5. The summed E-state index contributed by atoms with van der Waals surface area (Å²) in [5, 5.41) is 0.554. The van der Waals surface area contributed by atoms with Gasteiger partial charge in [-0.25, -0.2) is 0 Å². The summed E-state index contributed by atoms with van der Waals surface area (Å²) >= 11 is 6.22. The highest BCUT2D eigenvalue weighted by Crippen LogP contribution is 2.25. The van der Waals surface area contributed by atoms with E-state index >= 15 is 0 Å². The smallest absolute Gasteiger partial charge is 0.194 e. The van der Waals surface area contributed by atoms with Crippen molar-refractivity contribution in [3.05, 3.63) is 69.7 Å². The molecule has 0 atom stereocenters. The number of carbonyl (C=O) groups is 1. The van der Waals surface area contributed by atoms with Crippen LogP contribution in [0.5, 0.6) is 0 Å². The first-order valence-electron chi connectivity index (χ1n) is 5.46. The lowest BCUT2D eigenvalue weighted by molar-refractivity contribution is 0.103. The molecule has 2 aromatic carbocycles. The van der Waals surface area contributed by atoms with Crippen molar-refractivity contribution in [1.29, 1.82) is 0 Å². The second-order valence-electron chi connectivity index (χ2n) is 4.06. The SMILES string of the molecule is Cc1ccc(C(=O)c2ccccc2)c(Cl)c1C. The minimum absolute atomic E-state index is 0.0290. The molecule has 0 aromatic heterocycles. The van der Waals surface area contributed by atoms with Gasteiger partial charge in [0.2, 0.25) is 0 Å². The Morgan fingerprint density at radius 3 is 2.29 bits per heavy atom. The predicted molar refractivity (Wildman–Crippen MR) is 70.8 cm³/mol. The standard InChI is InChI=1S/C15H13ClO/c1-10-8-9-13(14(16)11(10)2)15(17)12-6-4-3-5-7-12/h3-9H,1-2H3. The molecule has 0 bridgehead atoms. The first-order chi connectivity index (χ1) is 8.11. The summed E-state index contributed by atoms with van der Waals surface area (Å²) in [6.45, 7) is 3.91. The molecule has 0 saturated heterocycles. The topological polar surface area (TPSA) is 17.1 Å². The van der Waals surface area contributed by atoms with Crippen LogP contribution in [0.3, 0.4) is 0 Å². The Labute approximate surface area is 106 Å². The highest BCUT2D eigenvalue weighted by molar-refractivity contribution is 6.35. The molecule has 0 aliphatic rings. The van der Waals surface area contributed by atoms with Crippen LogP contribution in [0.4, 0.5) is 0 Å². The van der Waals surface area contributed by atoms with Gasteiger partial charge in [-0.15, -0.1) is 0 Å². The number of benzene rings is 2. The quantitative estimate of drug-likeness (QED) is 0.724. The zero-order valence-corrected chi connectivity index (χ0v) is 10.6. The van der Waals surface area contributed by atoms with Gasteiger partial charge in [0.05, 0.1) is 5.02 Å². The van der Waals surface area contributed by atoms with Crippen LogP contribution in [-0.4, -0.2) is 5.78 Å². The third-order valence-electron chi connectivity index (χ3n) is 2.94. The second-order valence-corrected chi connectivity index (χ2v) is 4.44. The van der Waals surface area contributed by atoms with E-state index in [1.165, 1.54) is 0 Å². The van der Waals surface area contributed by atoms with E-state index in [0.29, 0.717) is 16.1 Å². The fourth-order valence-electron chi connectivity index (χ4n) is 1.70. The maximum atomic E-state index is 12.2. The minimum Gasteiger partial charge on any atom is -0.289 e. The van der Waals surface area contributed by atoms with Crippen LogP contribution in [-0.2, 0) is 0 Å². The predicted octanol–water partition coefficient (Wildman–Crippen LogP) is 4.19. The van der Waals surface area contributed by atoms with Gasteiger partial charge in [-0.05, 0) is 31.0 Å². The van der Waals surface area contributed by atoms with Gasteiger partial charge in [0.25, 0.3) is 0 Å². The second kappa shape index (κ2) is 4.72. The van der Waals surface area contributed by atoms with Gasteiger partial charge < -0.3 is 0 Å². The first kappa shape index (κ1) is 11.9. The van der Waals surface area contributed by atoms with Gasteiger partial charge in [0.15, 0.2) is 5.78 Å². The summed E-state index contributed by atoms with van der Waals surface area (Å²) in [4.78, 5) is 12.2. The lowest BCUT2D eigenvalue weighted by atomic mass is 9.99. The lowest BCUT2D eigenvalue weighted by Crippen LogP contribution is -2.03. The molecule has 2 rings (SSSR count). The van der Waals surface area contributed by atoms with Crippen LogP contribution < -0.4 is 0 Å². The average molecular weight is 245 g/mol.